The molecular weight excluding hydrogens is 1400 g/mol. The Kier molecular flexibility index (Phi) is 31.4. The van der Waals surface area contributed by atoms with Crippen molar-refractivity contribution in [2.75, 3.05) is 39.8 Å². The van der Waals surface area contributed by atoms with Crippen LogP contribution >= 0.6 is 0 Å². The molecule has 5 aliphatic rings. The molecule has 2 N–H and O–H groups in total. The zero-order valence-corrected chi connectivity index (χ0v) is 66.7. The molecule has 0 saturated carbocycles. The molecule has 0 aliphatic carbocycles. The standard InChI is InChI=1S/C28H32N2O2.C20H21NO2.C20H23NO.C20H25N.C11H12N2O2/c1-22-8-10-25(11-9-22)20-30(28(31)18-23-12-14-27(32-2)15-13-23)26-16-17-29(21-26)19-24-6-4-3-5-7-24;1-15-7-9-16(10-8-15)11-12-18-13-19(22)21(20(18)23)14-17-5-3-2-4-6-17;1-16-7-9-17(10-8-16)11-12-19-13-20(22)21(15-19)14-18-5-3-2-4-6-18;1-17-7-9-18(10-8-17)11-12-20-13-14-21(16-20)15-19-5-3-2-4-6-19;12-9-6-10(14)13(11(9)15)7-8-4-2-1-3-5-8/h3-15,26H,16-21H2,1-2H3;2-10,18H,11-14H2,1H3;2-10,19H,11-15H2,1H3;2-10,20H,11-16H2,1H3;1-5,9H,6-7,12H2/t26-;18-;19-;20-;9-/m11111/s1. The van der Waals surface area contributed by atoms with E-state index >= 15 is 0 Å². The number of methoxy groups -OCH3 is 1. The number of imide groups is 2. The summed E-state index contributed by atoms with van der Waals surface area (Å²) >= 11 is 0. The second-order valence-electron chi connectivity index (χ2n) is 31.3. The molecule has 5 heterocycles. The lowest BCUT2D eigenvalue weighted by Crippen LogP contribution is -2.42. The molecular formula is C99H113N7O7. The average molecular weight is 1510 g/mol. The minimum Gasteiger partial charge on any atom is -0.497 e. The van der Waals surface area contributed by atoms with Gasteiger partial charge in [-0.15, -0.1) is 0 Å². The molecule has 5 saturated heterocycles. The summed E-state index contributed by atoms with van der Waals surface area (Å²) in [6.45, 7) is 17.9. The topological polar surface area (TPSA) is 157 Å². The highest BCUT2D eigenvalue weighted by atomic mass is 16.5. The summed E-state index contributed by atoms with van der Waals surface area (Å²) in [5, 5.41) is 0. The van der Waals surface area contributed by atoms with Gasteiger partial charge in [-0.25, -0.2) is 0 Å². The Morgan fingerprint density at radius 2 is 0.770 bits per heavy atom. The lowest BCUT2D eigenvalue weighted by molar-refractivity contribution is -0.141. The molecule has 0 spiro atoms. The number of carbonyl (C=O) groups excluding carboxylic acids is 6. The van der Waals surface area contributed by atoms with Crippen LogP contribution in [0.4, 0.5) is 0 Å². The quantitative estimate of drug-likeness (QED) is 0.0546. The van der Waals surface area contributed by atoms with Gasteiger partial charge in [0.05, 0.1) is 39.1 Å². The number of rotatable bonds is 25. The Labute approximate surface area is 670 Å². The molecule has 14 nitrogen and oxygen atoms in total. The highest BCUT2D eigenvalue weighted by Gasteiger charge is 2.39. The number of amides is 6. The maximum atomic E-state index is 13.5. The second-order valence-corrected chi connectivity index (χ2v) is 31.3. The summed E-state index contributed by atoms with van der Waals surface area (Å²) in [5.41, 5.74) is 22.8. The average Bonchev–Trinajstić information content (AvgIpc) is 1.42. The van der Waals surface area contributed by atoms with Gasteiger partial charge < -0.3 is 20.3 Å². The van der Waals surface area contributed by atoms with Gasteiger partial charge in [0.25, 0.3) is 0 Å². The first kappa shape index (κ1) is 83.0. The molecule has 10 aromatic carbocycles. The molecule has 113 heavy (non-hydrogen) atoms. The first-order valence-corrected chi connectivity index (χ1v) is 40.4. The summed E-state index contributed by atoms with van der Waals surface area (Å²) in [6, 6.07) is 92.8. The molecule has 15 rings (SSSR count). The van der Waals surface area contributed by atoms with Crippen molar-refractivity contribution in [2.45, 2.75) is 156 Å². The maximum Gasteiger partial charge on any atom is 0.246 e. The van der Waals surface area contributed by atoms with Crippen LogP contribution in [0.15, 0.2) is 273 Å². The number of nitrogens with two attached hydrogens (primary N) is 1. The van der Waals surface area contributed by atoms with E-state index in [-0.39, 0.29) is 47.9 Å². The summed E-state index contributed by atoms with van der Waals surface area (Å²) in [5.74, 6) is 1.96. The van der Waals surface area contributed by atoms with E-state index in [1.165, 1.54) is 103 Å². The maximum absolute atomic E-state index is 13.5. The molecule has 0 unspecified atom stereocenters. The predicted octanol–water partition coefficient (Wildman–Crippen LogP) is 17.1. The molecule has 586 valence electrons. The number of aryl methyl sites for hydroxylation is 7. The number of hydrogen-bond donors (Lipinski definition) is 1. The van der Waals surface area contributed by atoms with E-state index in [4.69, 9.17) is 10.5 Å². The first-order chi connectivity index (χ1) is 54.9. The number of benzene rings is 10. The fraction of sp³-hybridized carbons (Fsp3) is 0.333. The zero-order chi connectivity index (χ0) is 79.3. The number of hydrogen-bond acceptors (Lipinski definition) is 10. The van der Waals surface area contributed by atoms with Crippen molar-refractivity contribution in [3.8, 4) is 5.75 Å². The molecule has 0 aromatic heterocycles. The van der Waals surface area contributed by atoms with Crippen LogP contribution in [-0.4, -0.2) is 117 Å². The van der Waals surface area contributed by atoms with Crippen molar-refractivity contribution in [3.05, 3.63) is 351 Å². The van der Waals surface area contributed by atoms with Gasteiger partial charge in [-0.1, -0.05) is 283 Å². The van der Waals surface area contributed by atoms with Crippen LogP contribution in [0.3, 0.4) is 0 Å². The van der Waals surface area contributed by atoms with Crippen LogP contribution < -0.4 is 10.5 Å². The van der Waals surface area contributed by atoms with Gasteiger partial charge in [-0.05, 0) is 165 Å². The third-order valence-corrected chi connectivity index (χ3v) is 22.2. The van der Waals surface area contributed by atoms with Crippen LogP contribution in [0.5, 0.6) is 5.75 Å². The van der Waals surface area contributed by atoms with Crippen LogP contribution in [0, 0.1) is 45.4 Å². The predicted molar refractivity (Wildman–Crippen MR) is 452 cm³/mol. The summed E-state index contributed by atoms with van der Waals surface area (Å²) < 4.78 is 5.25. The van der Waals surface area contributed by atoms with Gasteiger partial charge in [0.1, 0.15) is 5.75 Å². The van der Waals surface area contributed by atoms with E-state index in [1.54, 1.807) is 7.11 Å². The van der Waals surface area contributed by atoms with E-state index in [1.807, 2.05) is 108 Å². The number of ether oxygens (including phenoxy) is 1. The lowest BCUT2D eigenvalue weighted by Gasteiger charge is -2.30. The molecule has 0 bridgehead atoms. The molecule has 0 radical (unpaired) electrons. The van der Waals surface area contributed by atoms with Crippen molar-refractivity contribution in [3.63, 3.8) is 0 Å². The Morgan fingerprint density at radius 1 is 0.381 bits per heavy atom. The second kappa shape index (κ2) is 42.7. The highest BCUT2D eigenvalue weighted by Crippen LogP contribution is 2.30. The fourth-order valence-electron chi connectivity index (χ4n) is 15.4. The molecule has 5 atom stereocenters. The third kappa shape index (κ3) is 26.4. The van der Waals surface area contributed by atoms with E-state index in [0.717, 1.165) is 99.7 Å². The molecule has 5 aliphatic heterocycles. The lowest BCUT2D eigenvalue weighted by atomic mass is 9.97. The molecule has 10 aromatic rings. The largest absolute Gasteiger partial charge is 0.497 e. The Morgan fingerprint density at radius 3 is 1.22 bits per heavy atom. The summed E-state index contributed by atoms with van der Waals surface area (Å²) in [6.07, 6.45) is 10.2. The highest BCUT2D eigenvalue weighted by molar-refractivity contribution is 6.05. The third-order valence-electron chi connectivity index (χ3n) is 22.2. The Bertz CT molecular complexity index is 4590. The minimum absolute atomic E-state index is 0.0223. The normalized spacial score (nSPS) is 18.0. The minimum atomic E-state index is -0.652. The Hall–Kier alpha value is -10.9. The summed E-state index contributed by atoms with van der Waals surface area (Å²) in [7, 11) is 1.66. The van der Waals surface area contributed by atoms with E-state index in [0.29, 0.717) is 50.7 Å². The van der Waals surface area contributed by atoms with Crippen LogP contribution in [0.25, 0.3) is 0 Å². The van der Waals surface area contributed by atoms with Crippen LogP contribution in [0.1, 0.15) is 129 Å². The van der Waals surface area contributed by atoms with E-state index in [2.05, 4.69) is 212 Å². The smallest absolute Gasteiger partial charge is 0.246 e. The van der Waals surface area contributed by atoms with Crippen LogP contribution in [-0.2, 0) is 93.7 Å². The van der Waals surface area contributed by atoms with Gasteiger partial charge in [0.2, 0.25) is 35.4 Å². The van der Waals surface area contributed by atoms with Crippen molar-refractivity contribution >= 4 is 35.4 Å². The SMILES string of the molecule is COc1ccc(CC(=O)N(Cc2ccc(C)cc2)[C@@H]2CCN(Cc3ccccc3)C2)cc1.Cc1ccc(CC[C@@H]2CC(=O)N(Cc3ccccc3)C2)cc1.Cc1ccc(CC[C@@H]2CC(=O)N(Cc3ccccc3)C2=O)cc1.Cc1ccc(CC[C@@H]2CCN(Cc3ccccc3)C2)cc1.N[C@@H]1CC(=O)N(Cc2ccccc2)C1=O. The Balaban J connectivity index is 0.000000142. The monoisotopic (exact) mass is 1510 g/mol. The number of nitrogens with zero attached hydrogens (tertiary/aromatic N) is 6. The van der Waals surface area contributed by atoms with Crippen molar-refractivity contribution in [2.24, 2.45) is 23.5 Å². The fourth-order valence-corrected chi connectivity index (χ4v) is 15.4. The number of likely N-dealkylation sites (tertiary alicyclic amines) is 5. The van der Waals surface area contributed by atoms with Crippen LogP contribution in [0.2, 0.25) is 0 Å². The van der Waals surface area contributed by atoms with Gasteiger partial charge in [-0.3, -0.25) is 48.4 Å². The molecule has 14 heteroatoms. The van der Waals surface area contributed by atoms with E-state index < -0.39 is 6.04 Å². The van der Waals surface area contributed by atoms with Gasteiger partial charge >= 0.3 is 0 Å². The van der Waals surface area contributed by atoms with Gasteiger partial charge in [0, 0.05) is 77.2 Å². The first-order valence-electron chi connectivity index (χ1n) is 40.4. The van der Waals surface area contributed by atoms with Crippen molar-refractivity contribution in [1.29, 1.82) is 0 Å². The van der Waals surface area contributed by atoms with Crippen molar-refractivity contribution < 1.29 is 33.5 Å². The van der Waals surface area contributed by atoms with Gasteiger partial charge in [-0.2, -0.15) is 0 Å². The number of carbonyl (C=O) groups is 6. The zero-order valence-electron chi connectivity index (χ0n) is 66.7. The van der Waals surface area contributed by atoms with Crippen molar-refractivity contribution in [1.82, 2.24) is 29.4 Å². The summed E-state index contributed by atoms with van der Waals surface area (Å²) in [4.78, 5) is 85.0. The van der Waals surface area contributed by atoms with Gasteiger partial charge in [0.15, 0.2) is 0 Å². The molecule has 6 amide bonds. The molecule has 5 fully saturated rings. The van der Waals surface area contributed by atoms with E-state index in [9.17, 15) is 28.8 Å².